The van der Waals surface area contributed by atoms with Crippen molar-refractivity contribution in [2.75, 3.05) is 4.90 Å². The van der Waals surface area contributed by atoms with Crippen LogP contribution in [0.15, 0.2) is 188 Å². The van der Waals surface area contributed by atoms with Crippen molar-refractivity contribution in [1.82, 2.24) is 9.38 Å². The molecule has 0 spiro atoms. The fraction of sp³-hybridized carbons (Fsp3) is 0. The highest BCUT2D eigenvalue weighted by molar-refractivity contribution is 7.25. The first-order chi connectivity index (χ1) is 29.7. The third kappa shape index (κ3) is 4.41. The van der Waals surface area contributed by atoms with Gasteiger partial charge in [-0.25, -0.2) is 4.98 Å². The molecule has 13 aromatic rings. The van der Waals surface area contributed by atoms with Gasteiger partial charge >= 0.3 is 0 Å². The van der Waals surface area contributed by atoms with E-state index in [2.05, 4.69) is 197 Å². The summed E-state index contributed by atoms with van der Waals surface area (Å²) in [5, 5.41) is 13.4. The zero-order chi connectivity index (χ0) is 39.1. The molecule has 0 radical (unpaired) electrons. The van der Waals surface area contributed by atoms with Crippen LogP contribution < -0.4 is 9.64 Å². The molecule has 1 aliphatic rings. The van der Waals surface area contributed by atoms with Crippen LogP contribution in [0.4, 0.5) is 17.1 Å². The summed E-state index contributed by atoms with van der Waals surface area (Å²) in [5.74, 6) is 1.65. The second-order valence-corrected chi connectivity index (χ2v) is 17.0. The molecule has 0 saturated heterocycles. The van der Waals surface area contributed by atoms with E-state index in [9.17, 15) is 0 Å². The second-order valence-electron chi connectivity index (χ2n) is 15.9. The fourth-order valence-corrected chi connectivity index (χ4v) is 11.2. The Bertz CT molecular complexity index is 4010. The molecule has 0 atom stereocenters. The highest BCUT2D eigenvalue weighted by atomic mass is 32.1. The van der Waals surface area contributed by atoms with E-state index >= 15 is 0 Å². The van der Waals surface area contributed by atoms with E-state index in [-0.39, 0.29) is 0 Å². The van der Waals surface area contributed by atoms with Crippen LogP contribution in [0, 0.1) is 0 Å². The van der Waals surface area contributed by atoms with Gasteiger partial charge in [0.2, 0.25) is 0 Å². The Morgan fingerprint density at radius 3 is 1.78 bits per heavy atom. The number of thiophene rings is 1. The molecule has 0 fully saturated rings. The number of benzene rings is 10. The molecule has 3 aromatic heterocycles. The Morgan fingerprint density at radius 1 is 0.383 bits per heavy atom. The summed E-state index contributed by atoms with van der Waals surface area (Å²) < 4.78 is 12.0. The van der Waals surface area contributed by atoms with Crippen LogP contribution in [-0.2, 0) is 0 Å². The van der Waals surface area contributed by atoms with E-state index in [1.807, 2.05) is 11.3 Å². The molecule has 0 aliphatic carbocycles. The molecular weight excluding hydrogens is 751 g/mol. The van der Waals surface area contributed by atoms with Crippen LogP contribution in [-0.4, -0.2) is 9.38 Å². The van der Waals surface area contributed by atoms with Gasteiger partial charge in [-0.15, -0.1) is 11.3 Å². The maximum atomic E-state index is 7.10. The van der Waals surface area contributed by atoms with Crippen molar-refractivity contribution in [3.05, 3.63) is 188 Å². The third-order valence-electron chi connectivity index (χ3n) is 12.7. The van der Waals surface area contributed by atoms with Crippen molar-refractivity contribution in [1.29, 1.82) is 0 Å². The second kappa shape index (κ2) is 11.9. The number of ether oxygens (including phenoxy) is 1. The molecule has 4 heterocycles. The van der Waals surface area contributed by atoms with Crippen molar-refractivity contribution in [2.24, 2.45) is 0 Å². The summed E-state index contributed by atoms with van der Waals surface area (Å²) in [6.45, 7) is 0. The van der Waals surface area contributed by atoms with Gasteiger partial charge in [0.15, 0.2) is 11.5 Å². The predicted octanol–water partition coefficient (Wildman–Crippen LogP) is 15.9. The molecule has 0 unspecified atom stereocenters. The minimum atomic E-state index is 0.821. The number of hydrogen-bond donors (Lipinski definition) is 0. The van der Waals surface area contributed by atoms with E-state index in [0.29, 0.717) is 0 Å². The Morgan fingerprint density at radius 2 is 0.983 bits per heavy atom. The van der Waals surface area contributed by atoms with Crippen molar-refractivity contribution in [3.63, 3.8) is 0 Å². The molecule has 5 heteroatoms. The lowest BCUT2D eigenvalue weighted by molar-refractivity contribution is 0.478. The van der Waals surface area contributed by atoms with Crippen LogP contribution in [0.3, 0.4) is 0 Å². The molecule has 1 aliphatic heterocycles. The third-order valence-corrected chi connectivity index (χ3v) is 13.8. The number of pyridine rings is 1. The van der Waals surface area contributed by atoms with Gasteiger partial charge < -0.3 is 9.64 Å². The number of imidazole rings is 1. The van der Waals surface area contributed by atoms with Crippen molar-refractivity contribution in [2.45, 2.75) is 0 Å². The van der Waals surface area contributed by atoms with Gasteiger partial charge in [0, 0.05) is 36.6 Å². The summed E-state index contributed by atoms with van der Waals surface area (Å²) in [5.41, 5.74) is 9.54. The Labute approximate surface area is 347 Å². The summed E-state index contributed by atoms with van der Waals surface area (Å²) >= 11 is 1.85. The first-order valence-corrected chi connectivity index (χ1v) is 21.2. The van der Waals surface area contributed by atoms with Gasteiger partial charge in [0.1, 0.15) is 5.65 Å². The van der Waals surface area contributed by atoms with Gasteiger partial charge in [-0.3, -0.25) is 4.40 Å². The Kier molecular flexibility index (Phi) is 6.41. The monoisotopic (exact) mass is 781 g/mol. The van der Waals surface area contributed by atoms with Gasteiger partial charge in [-0.05, 0) is 116 Å². The van der Waals surface area contributed by atoms with Gasteiger partial charge in [-0.2, -0.15) is 0 Å². The quantitative estimate of drug-likeness (QED) is 0.164. The number of rotatable bonds is 2. The summed E-state index contributed by atoms with van der Waals surface area (Å²) in [6, 6.07) is 68.4. The summed E-state index contributed by atoms with van der Waals surface area (Å²) in [7, 11) is 0. The number of fused-ring (bicyclic) bond motifs is 19. The number of anilines is 3. The Balaban J connectivity index is 1.04. The predicted molar refractivity (Wildman–Crippen MR) is 253 cm³/mol. The van der Waals surface area contributed by atoms with Crippen LogP contribution >= 0.6 is 11.3 Å². The number of para-hydroxylation sites is 2. The molecule has 0 N–H and O–H groups in total. The van der Waals surface area contributed by atoms with Crippen molar-refractivity contribution < 1.29 is 4.74 Å². The number of aromatic nitrogens is 2. The van der Waals surface area contributed by atoms with Crippen LogP contribution in [0.1, 0.15) is 0 Å². The topological polar surface area (TPSA) is 29.8 Å². The van der Waals surface area contributed by atoms with E-state index in [0.717, 1.165) is 61.7 Å². The highest BCUT2D eigenvalue weighted by Crippen LogP contribution is 2.54. The van der Waals surface area contributed by atoms with Crippen LogP contribution in [0.2, 0.25) is 0 Å². The van der Waals surface area contributed by atoms with E-state index in [1.54, 1.807) is 0 Å². The number of hydrogen-bond acceptors (Lipinski definition) is 4. The van der Waals surface area contributed by atoms with Gasteiger partial charge in [0.25, 0.3) is 0 Å². The largest absolute Gasteiger partial charge is 0.453 e. The van der Waals surface area contributed by atoms with E-state index in [1.165, 1.54) is 68.8 Å². The SMILES string of the molecule is c1ccc2c(c1)nc1c3ccccc3c3cc(N4c5ccc(-c6ccc7c(c6)sc6ccccc67)cc5Oc5cc6c7ccccc7c7ccccc7c6cc54)ccc3n21. The van der Waals surface area contributed by atoms with E-state index in [4.69, 9.17) is 9.72 Å². The fourth-order valence-electron chi connectivity index (χ4n) is 10.0. The molecule has 0 amide bonds. The minimum Gasteiger partial charge on any atom is -0.453 e. The molecule has 60 heavy (non-hydrogen) atoms. The first kappa shape index (κ1) is 32.3. The van der Waals surface area contributed by atoms with Crippen LogP contribution in [0.25, 0.3) is 102 Å². The molecule has 14 rings (SSSR count). The molecule has 0 bridgehead atoms. The normalized spacial score (nSPS) is 12.8. The minimum absolute atomic E-state index is 0.821. The molecule has 10 aromatic carbocycles. The standard InChI is InChI=1S/C55H31N3OS/c1-3-13-37-35(11-1)36-12-2-4-14-38(36)44-31-52-50(30-43(37)44)57(49-25-22-32(27-51(49)59-52)33-21-24-41-40-16-7-10-20-53(40)60-54(41)28-33)34-23-26-47-45(29-34)39-15-5-6-17-42(39)55-56-46-18-8-9-19-48(46)58(47)55/h1-31H. The average molecular weight is 782 g/mol. The molecule has 278 valence electrons. The first-order valence-electron chi connectivity index (χ1n) is 20.4. The summed E-state index contributed by atoms with van der Waals surface area (Å²) in [6.07, 6.45) is 0. The lowest BCUT2D eigenvalue weighted by Crippen LogP contribution is -2.16. The van der Waals surface area contributed by atoms with Crippen LogP contribution in [0.5, 0.6) is 11.5 Å². The number of nitrogens with zero attached hydrogens (tertiary/aromatic N) is 3. The summed E-state index contributed by atoms with van der Waals surface area (Å²) in [4.78, 5) is 7.54. The molecular formula is C55H31N3OS. The maximum absolute atomic E-state index is 7.10. The van der Waals surface area contributed by atoms with Crippen molar-refractivity contribution in [3.8, 4) is 22.6 Å². The van der Waals surface area contributed by atoms with E-state index < -0.39 is 0 Å². The highest BCUT2D eigenvalue weighted by Gasteiger charge is 2.29. The average Bonchev–Trinajstić information content (AvgIpc) is 3.89. The van der Waals surface area contributed by atoms with Gasteiger partial charge in [-0.1, -0.05) is 121 Å². The lowest BCUT2D eigenvalue weighted by atomic mass is 9.93. The molecule has 4 nitrogen and oxygen atoms in total. The smallest absolute Gasteiger partial charge is 0.152 e. The Hall–Kier alpha value is -7.73. The molecule has 0 saturated carbocycles. The zero-order valence-electron chi connectivity index (χ0n) is 32.1. The van der Waals surface area contributed by atoms with Crippen molar-refractivity contribution >= 4 is 119 Å². The zero-order valence-corrected chi connectivity index (χ0v) is 32.9. The van der Waals surface area contributed by atoms with Gasteiger partial charge in [0.05, 0.1) is 27.9 Å². The lowest BCUT2D eigenvalue weighted by Gasteiger charge is -2.34. The maximum Gasteiger partial charge on any atom is 0.152 e.